The quantitative estimate of drug-likeness (QED) is 0.692. The summed E-state index contributed by atoms with van der Waals surface area (Å²) >= 11 is 0. The van der Waals surface area contributed by atoms with Crippen molar-refractivity contribution in [3.8, 4) is 5.75 Å². The second-order valence-electron chi connectivity index (χ2n) is 3.71. The number of hydrogen-bond donors (Lipinski definition) is 0. The van der Waals surface area contributed by atoms with Crippen LogP contribution in [0.4, 0.5) is 0 Å². The van der Waals surface area contributed by atoms with Crippen molar-refractivity contribution in [2.75, 3.05) is 6.61 Å². The Kier molecular flexibility index (Phi) is 2.58. The minimum absolute atomic E-state index is 0.231. The van der Waals surface area contributed by atoms with E-state index in [1.54, 1.807) is 6.20 Å². The van der Waals surface area contributed by atoms with Crippen LogP contribution in [-0.4, -0.2) is 17.6 Å². The first kappa shape index (κ1) is 9.96. The largest absolute Gasteiger partial charge is 0.491 e. The van der Waals surface area contributed by atoms with Crippen LogP contribution in [0.3, 0.4) is 0 Å². The molecule has 0 saturated carbocycles. The van der Waals surface area contributed by atoms with Gasteiger partial charge >= 0.3 is 5.97 Å². The minimum atomic E-state index is -0.290. The van der Waals surface area contributed by atoms with Crippen LogP contribution in [0.15, 0.2) is 12.3 Å². The third-order valence-corrected chi connectivity index (χ3v) is 2.40. The Bertz CT molecular complexity index is 389. The minimum Gasteiger partial charge on any atom is -0.491 e. The Morgan fingerprint density at radius 3 is 3.27 bits per heavy atom. The number of fused-ring (bicyclic) bond motifs is 1. The summed E-state index contributed by atoms with van der Waals surface area (Å²) < 4.78 is 10.3. The lowest BCUT2D eigenvalue weighted by atomic mass is 10.0. The van der Waals surface area contributed by atoms with E-state index in [0.29, 0.717) is 12.5 Å². The smallest absolute Gasteiger partial charge is 0.303 e. The molecule has 1 atom stereocenters. The third-order valence-electron chi connectivity index (χ3n) is 2.40. The van der Waals surface area contributed by atoms with Crippen LogP contribution < -0.4 is 4.74 Å². The number of rotatable bonds is 2. The summed E-state index contributed by atoms with van der Waals surface area (Å²) in [6, 6.07) is 1.94. The standard InChI is InChI=1S/C11H13NO3/c1-7-5-15-11-4-12-9(3-10(7)11)6-14-8(2)13/h3-4,7H,5-6H2,1-2H3. The van der Waals surface area contributed by atoms with Gasteiger partial charge in [0.1, 0.15) is 12.4 Å². The van der Waals surface area contributed by atoms with Crippen LogP contribution in [0.1, 0.15) is 31.0 Å². The molecule has 1 aromatic rings. The topological polar surface area (TPSA) is 48.4 Å². The number of hydrogen-bond acceptors (Lipinski definition) is 4. The zero-order valence-corrected chi connectivity index (χ0v) is 8.82. The van der Waals surface area contributed by atoms with Crippen molar-refractivity contribution in [1.82, 2.24) is 4.98 Å². The molecular weight excluding hydrogens is 194 g/mol. The van der Waals surface area contributed by atoms with E-state index >= 15 is 0 Å². The number of carbonyl (C=O) groups is 1. The first-order valence-corrected chi connectivity index (χ1v) is 4.92. The maximum absolute atomic E-state index is 10.6. The highest BCUT2D eigenvalue weighted by Crippen LogP contribution is 2.32. The zero-order valence-electron chi connectivity index (χ0n) is 8.82. The summed E-state index contributed by atoms with van der Waals surface area (Å²) in [6.45, 7) is 4.42. The van der Waals surface area contributed by atoms with E-state index in [-0.39, 0.29) is 12.6 Å². The molecule has 0 radical (unpaired) electrons. The summed E-state index contributed by atoms with van der Waals surface area (Å²) in [5.41, 5.74) is 1.91. The summed E-state index contributed by atoms with van der Waals surface area (Å²) in [7, 11) is 0. The van der Waals surface area contributed by atoms with E-state index in [1.807, 2.05) is 6.07 Å². The molecule has 0 fully saturated rings. The van der Waals surface area contributed by atoms with Crippen LogP contribution in [0.25, 0.3) is 0 Å². The number of ether oxygens (including phenoxy) is 2. The van der Waals surface area contributed by atoms with E-state index in [9.17, 15) is 4.79 Å². The van der Waals surface area contributed by atoms with Crippen LogP contribution in [0.2, 0.25) is 0 Å². The molecule has 4 heteroatoms. The van der Waals surface area contributed by atoms with Crippen LogP contribution in [0.5, 0.6) is 5.75 Å². The Morgan fingerprint density at radius 1 is 1.73 bits per heavy atom. The zero-order chi connectivity index (χ0) is 10.8. The van der Waals surface area contributed by atoms with Crippen molar-refractivity contribution >= 4 is 5.97 Å². The second kappa shape index (κ2) is 3.88. The molecule has 80 valence electrons. The Morgan fingerprint density at radius 2 is 2.53 bits per heavy atom. The number of carbonyl (C=O) groups excluding carboxylic acids is 1. The van der Waals surface area contributed by atoms with E-state index in [1.165, 1.54) is 6.92 Å². The molecule has 4 nitrogen and oxygen atoms in total. The van der Waals surface area contributed by atoms with Gasteiger partial charge in [-0.15, -0.1) is 0 Å². The summed E-state index contributed by atoms with van der Waals surface area (Å²) in [5, 5.41) is 0. The molecule has 0 N–H and O–H groups in total. The molecule has 0 bridgehead atoms. The maximum Gasteiger partial charge on any atom is 0.303 e. The van der Waals surface area contributed by atoms with Gasteiger partial charge in [-0.25, -0.2) is 0 Å². The van der Waals surface area contributed by atoms with Crippen molar-refractivity contribution in [3.63, 3.8) is 0 Å². The normalized spacial score (nSPS) is 18.1. The van der Waals surface area contributed by atoms with Gasteiger partial charge in [-0.3, -0.25) is 9.78 Å². The molecule has 0 amide bonds. The lowest BCUT2D eigenvalue weighted by Crippen LogP contribution is -2.01. The molecule has 2 rings (SSSR count). The van der Waals surface area contributed by atoms with Gasteiger partial charge in [0, 0.05) is 18.4 Å². The summed E-state index contributed by atoms with van der Waals surface area (Å²) in [5.74, 6) is 0.940. The van der Waals surface area contributed by atoms with Crippen molar-refractivity contribution in [1.29, 1.82) is 0 Å². The molecule has 1 aliphatic rings. The van der Waals surface area contributed by atoms with Gasteiger partial charge in [-0.05, 0) is 6.07 Å². The Hall–Kier alpha value is -1.58. The van der Waals surface area contributed by atoms with Gasteiger partial charge in [0.2, 0.25) is 0 Å². The molecule has 0 aliphatic carbocycles. The van der Waals surface area contributed by atoms with Crippen LogP contribution in [0, 0.1) is 0 Å². The number of pyridine rings is 1. The maximum atomic E-state index is 10.6. The van der Waals surface area contributed by atoms with E-state index < -0.39 is 0 Å². The van der Waals surface area contributed by atoms with Crippen molar-refractivity contribution < 1.29 is 14.3 Å². The molecule has 0 saturated heterocycles. The number of esters is 1. The molecule has 0 spiro atoms. The highest BCUT2D eigenvalue weighted by molar-refractivity contribution is 5.65. The lowest BCUT2D eigenvalue weighted by molar-refractivity contribution is -0.142. The van der Waals surface area contributed by atoms with Gasteiger partial charge in [0.15, 0.2) is 0 Å². The average Bonchev–Trinajstić information content (AvgIpc) is 2.57. The highest BCUT2D eigenvalue weighted by atomic mass is 16.5. The average molecular weight is 207 g/mol. The third kappa shape index (κ3) is 2.09. The first-order chi connectivity index (χ1) is 7.16. The van der Waals surface area contributed by atoms with Crippen molar-refractivity contribution in [3.05, 3.63) is 23.5 Å². The number of aromatic nitrogens is 1. The van der Waals surface area contributed by atoms with Crippen LogP contribution >= 0.6 is 0 Å². The molecule has 2 heterocycles. The van der Waals surface area contributed by atoms with E-state index in [2.05, 4.69) is 11.9 Å². The van der Waals surface area contributed by atoms with Gasteiger partial charge in [0.25, 0.3) is 0 Å². The SMILES string of the molecule is CC(=O)OCc1cc2c(cn1)OCC2C. The summed E-state index contributed by atoms with van der Waals surface area (Å²) in [6.07, 6.45) is 1.69. The van der Waals surface area contributed by atoms with Crippen LogP contribution in [-0.2, 0) is 16.1 Å². The number of nitrogens with zero attached hydrogens (tertiary/aromatic N) is 1. The van der Waals surface area contributed by atoms with Gasteiger partial charge in [0.05, 0.1) is 18.5 Å². The predicted molar refractivity (Wildman–Crippen MR) is 53.6 cm³/mol. The monoisotopic (exact) mass is 207 g/mol. The molecule has 1 aromatic heterocycles. The second-order valence-corrected chi connectivity index (χ2v) is 3.71. The Balaban J connectivity index is 2.14. The molecular formula is C11H13NO3. The van der Waals surface area contributed by atoms with Gasteiger partial charge in [-0.1, -0.05) is 6.92 Å². The van der Waals surface area contributed by atoms with E-state index in [4.69, 9.17) is 9.47 Å². The van der Waals surface area contributed by atoms with Gasteiger partial charge < -0.3 is 9.47 Å². The first-order valence-electron chi connectivity index (χ1n) is 4.92. The van der Waals surface area contributed by atoms with Crippen molar-refractivity contribution in [2.45, 2.75) is 26.4 Å². The molecule has 15 heavy (non-hydrogen) atoms. The van der Waals surface area contributed by atoms with Gasteiger partial charge in [-0.2, -0.15) is 0 Å². The fourth-order valence-electron chi connectivity index (χ4n) is 1.57. The van der Waals surface area contributed by atoms with Crippen molar-refractivity contribution in [2.24, 2.45) is 0 Å². The lowest BCUT2D eigenvalue weighted by Gasteiger charge is -2.04. The fourth-order valence-corrected chi connectivity index (χ4v) is 1.57. The molecule has 1 unspecified atom stereocenters. The summed E-state index contributed by atoms with van der Waals surface area (Å²) in [4.78, 5) is 14.8. The highest BCUT2D eigenvalue weighted by Gasteiger charge is 2.20. The Labute approximate surface area is 88.2 Å². The predicted octanol–water partition coefficient (Wildman–Crippen LogP) is 1.64. The fraction of sp³-hybridized carbons (Fsp3) is 0.455. The van der Waals surface area contributed by atoms with E-state index in [0.717, 1.165) is 17.0 Å². The molecule has 1 aliphatic heterocycles. The molecule has 0 aromatic carbocycles.